The third-order valence-corrected chi connectivity index (χ3v) is 4.58. The van der Waals surface area contributed by atoms with E-state index in [0.29, 0.717) is 12.4 Å². The molecule has 0 aromatic carbocycles. The molecule has 0 N–H and O–H groups in total. The molecule has 0 aromatic heterocycles. The van der Waals surface area contributed by atoms with Crippen LogP contribution in [-0.4, -0.2) is 18.0 Å². The number of ketones is 1. The molecule has 0 aromatic rings. The van der Waals surface area contributed by atoms with Crippen LogP contribution in [0.1, 0.15) is 77.6 Å². The van der Waals surface area contributed by atoms with Crippen molar-refractivity contribution >= 4 is 5.78 Å². The number of carbonyl (C=O) groups excluding carboxylic acids is 1. The van der Waals surface area contributed by atoms with Crippen LogP contribution in [-0.2, 0) is 9.53 Å². The van der Waals surface area contributed by atoms with Gasteiger partial charge in [0.2, 0.25) is 0 Å². The van der Waals surface area contributed by atoms with Gasteiger partial charge in [0.15, 0.2) is 5.78 Å². The zero-order valence-corrected chi connectivity index (χ0v) is 12.4. The second kappa shape index (κ2) is 7.23. The molecule has 1 fully saturated rings. The van der Waals surface area contributed by atoms with Gasteiger partial charge in [-0.1, -0.05) is 38.2 Å². The lowest BCUT2D eigenvalue weighted by Crippen LogP contribution is -2.44. The summed E-state index contributed by atoms with van der Waals surface area (Å²) in [6, 6.07) is 0. The highest BCUT2D eigenvalue weighted by atomic mass is 16.5. The first-order chi connectivity index (χ1) is 9.28. The molecule has 0 unspecified atom stereocenters. The van der Waals surface area contributed by atoms with Crippen LogP contribution in [0, 0.1) is 0 Å². The molecule has 19 heavy (non-hydrogen) atoms. The van der Waals surface area contributed by atoms with Crippen LogP contribution >= 0.6 is 0 Å². The minimum Gasteiger partial charge on any atom is -0.367 e. The first kappa shape index (κ1) is 14.8. The van der Waals surface area contributed by atoms with Crippen molar-refractivity contribution in [1.82, 2.24) is 0 Å². The van der Waals surface area contributed by atoms with E-state index in [0.717, 1.165) is 44.1 Å². The normalized spacial score (nSPS) is 24.2. The Kier molecular flexibility index (Phi) is 5.62. The Hall–Kier alpha value is -0.630. The summed E-state index contributed by atoms with van der Waals surface area (Å²) in [7, 11) is 0. The Morgan fingerprint density at radius 2 is 1.79 bits per heavy atom. The van der Waals surface area contributed by atoms with Crippen molar-refractivity contribution in [1.29, 1.82) is 0 Å². The molecule has 108 valence electrons. The highest BCUT2D eigenvalue weighted by molar-refractivity contribution is 6.02. The second-order valence-corrected chi connectivity index (χ2v) is 6.00. The zero-order valence-electron chi connectivity index (χ0n) is 12.4. The van der Waals surface area contributed by atoms with Crippen molar-refractivity contribution < 1.29 is 9.53 Å². The lowest BCUT2D eigenvalue weighted by Gasteiger charge is -2.36. The summed E-state index contributed by atoms with van der Waals surface area (Å²) in [5.41, 5.74) is 0.591. The summed E-state index contributed by atoms with van der Waals surface area (Å²) < 4.78 is 5.97. The number of hydrogen-bond donors (Lipinski definition) is 0. The van der Waals surface area contributed by atoms with Crippen molar-refractivity contribution in [2.24, 2.45) is 0 Å². The van der Waals surface area contributed by atoms with Crippen LogP contribution in [0.2, 0.25) is 0 Å². The van der Waals surface area contributed by atoms with Gasteiger partial charge in [-0.15, -0.1) is 0 Å². The van der Waals surface area contributed by atoms with Gasteiger partial charge in [-0.3, -0.25) is 4.79 Å². The first-order valence-electron chi connectivity index (χ1n) is 8.16. The molecule has 0 bridgehead atoms. The molecule has 2 rings (SSSR count). The monoisotopic (exact) mass is 264 g/mol. The quantitative estimate of drug-likeness (QED) is 0.743. The predicted octanol–water partition coefficient (Wildman–Crippen LogP) is 4.58. The number of rotatable bonds is 4. The van der Waals surface area contributed by atoms with E-state index in [9.17, 15) is 4.79 Å². The molecule has 2 aliphatic carbocycles. The van der Waals surface area contributed by atoms with Crippen molar-refractivity contribution in [2.75, 3.05) is 6.61 Å². The van der Waals surface area contributed by atoms with Crippen molar-refractivity contribution in [3.63, 3.8) is 0 Å². The zero-order chi connectivity index (χ0) is 13.6. The van der Waals surface area contributed by atoms with Gasteiger partial charge in [0.05, 0.1) is 0 Å². The Labute approximate surface area is 117 Å². The van der Waals surface area contributed by atoms with Gasteiger partial charge in [0.1, 0.15) is 5.60 Å². The highest BCUT2D eigenvalue weighted by Crippen LogP contribution is 2.36. The molecule has 0 aliphatic heterocycles. The van der Waals surface area contributed by atoms with Crippen molar-refractivity contribution in [3.05, 3.63) is 11.6 Å². The van der Waals surface area contributed by atoms with Crippen LogP contribution in [0.4, 0.5) is 0 Å². The number of Topliss-reactive ketones (excluding diaryl/α,β-unsaturated/α-hetero) is 1. The standard InChI is InChI=1S/C17H28O2/c1-2-19-17(13-9-6-10-14-17)16(18)15-11-7-4-3-5-8-12-15/h11H,2-10,12-14H2,1H3. The highest BCUT2D eigenvalue weighted by Gasteiger charge is 2.41. The summed E-state index contributed by atoms with van der Waals surface area (Å²) in [6.45, 7) is 2.66. The molecule has 2 aliphatic rings. The van der Waals surface area contributed by atoms with Crippen LogP contribution in [0.15, 0.2) is 11.6 Å². The van der Waals surface area contributed by atoms with E-state index < -0.39 is 5.60 Å². The van der Waals surface area contributed by atoms with Gasteiger partial charge >= 0.3 is 0 Å². The maximum absolute atomic E-state index is 12.9. The molecular formula is C17H28O2. The fraction of sp³-hybridized carbons (Fsp3) is 0.824. The number of ether oxygens (including phenoxy) is 1. The summed E-state index contributed by atoms with van der Waals surface area (Å²) in [6.07, 6.45) is 14.6. The molecule has 1 saturated carbocycles. The van der Waals surface area contributed by atoms with E-state index in [1.807, 2.05) is 6.92 Å². The molecule has 0 heterocycles. The van der Waals surface area contributed by atoms with E-state index in [4.69, 9.17) is 4.74 Å². The van der Waals surface area contributed by atoms with Gasteiger partial charge in [-0.05, 0) is 51.0 Å². The number of allylic oxidation sites excluding steroid dienone is 1. The Balaban J connectivity index is 2.13. The molecular weight excluding hydrogens is 236 g/mol. The molecule has 0 saturated heterocycles. The second-order valence-electron chi connectivity index (χ2n) is 6.00. The van der Waals surface area contributed by atoms with Gasteiger partial charge in [-0.25, -0.2) is 0 Å². The third-order valence-electron chi connectivity index (χ3n) is 4.58. The van der Waals surface area contributed by atoms with Gasteiger partial charge < -0.3 is 4.74 Å². The molecule has 2 nitrogen and oxygen atoms in total. The summed E-state index contributed by atoms with van der Waals surface area (Å²) in [4.78, 5) is 12.9. The summed E-state index contributed by atoms with van der Waals surface area (Å²) in [5, 5.41) is 0. The van der Waals surface area contributed by atoms with E-state index in [1.165, 1.54) is 32.1 Å². The SMILES string of the molecule is CCOC1(C(=O)C2=CCCCCCC2)CCCCC1. The topological polar surface area (TPSA) is 26.3 Å². The molecule has 2 heteroatoms. The maximum Gasteiger partial charge on any atom is 0.190 e. The fourth-order valence-electron chi connectivity index (χ4n) is 3.53. The van der Waals surface area contributed by atoms with Crippen molar-refractivity contribution in [3.8, 4) is 0 Å². The smallest absolute Gasteiger partial charge is 0.190 e. The molecule has 0 atom stereocenters. The average molecular weight is 264 g/mol. The van der Waals surface area contributed by atoms with E-state index >= 15 is 0 Å². The van der Waals surface area contributed by atoms with Gasteiger partial charge in [0, 0.05) is 6.61 Å². The third kappa shape index (κ3) is 3.68. The summed E-state index contributed by atoms with van der Waals surface area (Å²) >= 11 is 0. The van der Waals surface area contributed by atoms with Crippen LogP contribution < -0.4 is 0 Å². The van der Waals surface area contributed by atoms with E-state index in [2.05, 4.69) is 6.08 Å². The fourth-order valence-corrected chi connectivity index (χ4v) is 3.53. The van der Waals surface area contributed by atoms with Crippen molar-refractivity contribution in [2.45, 2.75) is 83.2 Å². The minimum atomic E-state index is -0.474. The van der Waals surface area contributed by atoms with Gasteiger partial charge in [-0.2, -0.15) is 0 Å². The van der Waals surface area contributed by atoms with Gasteiger partial charge in [0.25, 0.3) is 0 Å². The largest absolute Gasteiger partial charge is 0.367 e. The minimum absolute atomic E-state index is 0.316. The average Bonchev–Trinajstić information content (AvgIpc) is 2.39. The van der Waals surface area contributed by atoms with Crippen LogP contribution in [0.5, 0.6) is 0 Å². The maximum atomic E-state index is 12.9. The van der Waals surface area contributed by atoms with Crippen LogP contribution in [0.25, 0.3) is 0 Å². The molecule has 0 radical (unpaired) electrons. The van der Waals surface area contributed by atoms with E-state index in [-0.39, 0.29) is 0 Å². The summed E-state index contributed by atoms with van der Waals surface area (Å²) in [5.74, 6) is 0.316. The lowest BCUT2D eigenvalue weighted by molar-refractivity contribution is -0.145. The lowest BCUT2D eigenvalue weighted by atomic mass is 9.77. The Morgan fingerprint density at radius 3 is 2.53 bits per heavy atom. The van der Waals surface area contributed by atoms with E-state index in [1.54, 1.807) is 0 Å². The predicted molar refractivity (Wildman–Crippen MR) is 78.2 cm³/mol. The number of hydrogen-bond acceptors (Lipinski definition) is 2. The Bertz CT molecular complexity index is 319. The Morgan fingerprint density at radius 1 is 1.11 bits per heavy atom. The molecule has 0 spiro atoms. The first-order valence-corrected chi connectivity index (χ1v) is 8.16. The molecule has 0 amide bonds. The number of carbonyl (C=O) groups is 1. The van der Waals surface area contributed by atoms with Crippen LogP contribution in [0.3, 0.4) is 0 Å².